The second kappa shape index (κ2) is 11.6. The van der Waals surface area contributed by atoms with E-state index in [4.69, 9.17) is 20.2 Å². The molecule has 1 aliphatic carbocycles. The van der Waals surface area contributed by atoms with Crippen LogP contribution in [-0.4, -0.2) is 29.9 Å². The number of rotatable bonds is 7. The standard InChI is InChI=1S/C35H37F2N3O4/c1-19-16-25(29-24(31(38)41)8-7-9-28(29)43-32(36)37)26-18-22-17-21(12-15-27(22)39-30(19)26)20-10-13-23(14-11-20)35(5,6)40-33(42)44-34(2,3)4/h7-10,12-13,15,17,19,25-26,32H,16,18H2,1-6H3,(H2,38,41)(H,40,42). The number of aliphatic imine (C=N–C) groups is 1. The molecule has 1 aliphatic heterocycles. The third-order valence-electron chi connectivity index (χ3n) is 8.21. The van der Waals surface area contributed by atoms with Crippen molar-refractivity contribution in [3.8, 4) is 16.9 Å². The molecule has 0 bridgehead atoms. The maximum atomic E-state index is 13.3. The smallest absolute Gasteiger partial charge is 0.408 e. The Morgan fingerprint density at radius 3 is 2.43 bits per heavy atom. The minimum atomic E-state index is -3.03. The number of hydrogen-bond donors (Lipinski definition) is 2. The second-order valence-corrected chi connectivity index (χ2v) is 13.1. The summed E-state index contributed by atoms with van der Waals surface area (Å²) >= 11 is 0. The SMILES string of the molecule is CC1CC(c2c(OC(F)F)cccc2C(N)=O)C2Cc3cc(-c4c#cc(C(C)(C)NC(=O)OC(C)(C)C)cc4)ccc3N=C12. The van der Waals surface area contributed by atoms with E-state index in [1.807, 2.05) is 58.9 Å². The van der Waals surface area contributed by atoms with Gasteiger partial charge in [-0.1, -0.05) is 31.2 Å². The summed E-state index contributed by atoms with van der Waals surface area (Å²) < 4.78 is 37.0. The van der Waals surface area contributed by atoms with Gasteiger partial charge in [0.05, 0.1) is 11.2 Å². The Morgan fingerprint density at radius 1 is 1.05 bits per heavy atom. The highest BCUT2D eigenvalue weighted by molar-refractivity contribution is 5.99. The fraction of sp³-hybridized carbons (Fsp3) is 0.400. The topological polar surface area (TPSA) is 103 Å². The predicted molar refractivity (Wildman–Crippen MR) is 164 cm³/mol. The highest BCUT2D eigenvalue weighted by Gasteiger charge is 2.43. The van der Waals surface area contributed by atoms with Crippen molar-refractivity contribution in [2.45, 2.75) is 78.1 Å². The molecule has 1 saturated carbocycles. The number of fused-ring (bicyclic) bond motifs is 2. The molecule has 3 unspecified atom stereocenters. The molecule has 0 saturated heterocycles. The number of nitrogens with zero attached hydrogens (tertiary/aromatic N) is 1. The van der Waals surface area contributed by atoms with Crippen LogP contribution in [0.5, 0.6) is 5.75 Å². The summed E-state index contributed by atoms with van der Waals surface area (Å²) in [6, 6.07) is 20.8. The molecule has 3 aromatic rings. The monoisotopic (exact) mass is 601 g/mol. The predicted octanol–water partition coefficient (Wildman–Crippen LogP) is 7.48. The maximum Gasteiger partial charge on any atom is 0.408 e. The van der Waals surface area contributed by atoms with Gasteiger partial charge < -0.3 is 20.5 Å². The normalized spacial score (nSPS) is 19.4. The van der Waals surface area contributed by atoms with E-state index >= 15 is 0 Å². The summed E-state index contributed by atoms with van der Waals surface area (Å²) in [5.41, 5.74) is 10.3. The van der Waals surface area contributed by atoms with E-state index in [1.165, 1.54) is 12.1 Å². The molecule has 5 rings (SSSR count). The van der Waals surface area contributed by atoms with E-state index in [2.05, 4.69) is 30.4 Å². The first-order chi connectivity index (χ1) is 20.6. The lowest BCUT2D eigenvalue weighted by Crippen LogP contribution is -2.43. The Hall–Kier alpha value is -4.45. The first kappa shape index (κ1) is 31.0. The largest absolute Gasteiger partial charge is 0.444 e. The number of carbonyl (C=O) groups is 2. The van der Waals surface area contributed by atoms with Gasteiger partial charge in [-0.15, -0.1) is 0 Å². The molecule has 7 nitrogen and oxygen atoms in total. The van der Waals surface area contributed by atoms with Gasteiger partial charge in [0.2, 0.25) is 5.91 Å². The first-order valence-electron chi connectivity index (χ1n) is 14.7. The van der Waals surface area contributed by atoms with Gasteiger partial charge in [-0.3, -0.25) is 9.79 Å². The van der Waals surface area contributed by atoms with Crippen LogP contribution >= 0.6 is 0 Å². The molecular weight excluding hydrogens is 564 g/mol. The minimum Gasteiger partial charge on any atom is -0.444 e. The Kier molecular flexibility index (Phi) is 8.15. The highest BCUT2D eigenvalue weighted by Crippen LogP contribution is 2.50. The third-order valence-corrected chi connectivity index (χ3v) is 8.21. The van der Waals surface area contributed by atoms with E-state index in [9.17, 15) is 18.4 Å². The van der Waals surface area contributed by atoms with Gasteiger partial charge in [0, 0.05) is 33.9 Å². The molecule has 3 N–H and O–H groups in total. The second-order valence-electron chi connectivity index (χ2n) is 13.1. The average Bonchev–Trinajstić information content (AvgIpc) is 3.24. The molecule has 0 spiro atoms. The summed E-state index contributed by atoms with van der Waals surface area (Å²) in [5.74, 6) is -0.992. The number of ether oxygens (including phenoxy) is 2. The van der Waals surface area contributed by atoms with Gasteiger partial charge in [0.15, 0.2) is 0 Å². The fourth-order valence-corrected chi connectivity index (χ4v) is 6.28. The van der Waals surface area contributed by atoms with Crippen LogP contribution < -0.4 is 15.8 Å². The lowest BCUT2D eigenvalue weighted by molar-refractivity contribution is -0.0507. The molecule has 2 aliphatic rings. The number of halogens is 2. The van der Waals surface area contributed by atoms with Crippen molar-refractivity contribution in [2.75, 3.05) is 0 Å². The zero-order valence-corrected chi connectivity index (χ0v) is 25.8. The van der Waals surface area contributed by atoms with E-state index in [0.717, 1.165) is 33.7 Å². The molecular formula is C35H37F2N3O4. The summed E-state index contributed by atoms with van der Waals surface area (Å²) in [4.78, 5) is 29.7. The van der Waals surface area contributed by atoms with Gasteiger partial charge in [-0.2, -0.15) is 8.78 Å². The van der Waals surface area contributed by atoms with Crippen molar-refractivity contribution >= 4 is 23.4 Å². The van der Waals surface area contributed by atoms with Crippen LogP contribution in [0.25, 0.3) is 11.1 Å². The fourth-order valence-electron chi connectivity index (χ4n) is 6.28. The van der Waals surface area contributed by atoms with Crippen LogP contribution in [0.4, 0.5) is 19.3 Å². The van der Waals surface area contributed by atoms with Crippen LogP contribution in [-0.2, 0) is 16.7 Å². The number of nitrogens with two attached hydrogens (primary N) is 1. The Balaban J connectivity index is 1.42. The number of amides is 2. The minimum absolute atomic E-state index is 0.0244. The zero-order valence-electron chi connectivity index (χ0n) is 25.8. The summed E-state index contributed by atoms with van der Waals surface area (Å²) in [6.07, 6.45) is 0.735. The van der Waals surface area contributed by atoms with Crippen LogP contribution in [0.1, 0.15) is 80.9 Å². The number of alkyl carbamates (subject to hydrolysis) is 1. The van der Waals surface area contributed by atoms with Crippen molar-refractivity contribution in [3.63, 3.8) is 0 Å². The van der Waals surface area contributed by atoms with Gasteiger partial charge in [0.1, 0.15) is 11.4 Å². The number of primary amides is 1. The Labute approximate surface area is 256 Å². The van der Waals surface area contributed by atoms with Gasteiger partial charge in [-0.05, 0) is 107 Å². The van der Waals surface area contributed by atoms with Crippen molar-refractivity contribution in [1.82, 2.24) is 5.32 Å². The molecule has 3 atom stereocenters. The van der Waals surface area contributed by atoms with Crippen LogP contribution in [0.15, 0.2) is 53.5 Å². The van der Waals surface area contributed by atoms with Gasteiger partial charge in [-0.25, -0.2) is 4.79 Å². The third kappa shape index (κ3) is 6.40. The van der Waals surface area contributed by atoms with Crippen molar-refractivity contribution < 1.29 is 27.8 Å². The quantitative estimate of drug-likeness (QED) is 0.293. The van der Waals surface area contributed by atoms with E-state index in [0.29, 0.717) is 18.4 Å². The number of alkyl halides is 2. The summed E-state index contributed by atoms with van der Waals surface area (Å²) in [5, 5.41) is 2.89. The van der Waals surface area contributed by atoms with Crippen molar-refractivity contribution in [2.24, 2.45) is 22.6 Å². The molecule has 230 valence electrons. The Morgan fingerprint density at radius 2 is 1.80 bits per heavy atom. The molecule has 0 radical (unpaired) electrons. The molecule has 2 amide bonds. The van der Waals surface area contributed by atoms with Crippen LogP contribution in [0, 0.1) is 24.0 Å². The van der Waals surface area contributed by atoms with Crippen LogP contribution in [0.2, 0.25) is 0 Å². The van der Waals surface area contributed by atoms with Crippen molar-refractivity contribution in [1.29, 1.82) is 0 Å². The highest BCUT2D eigenvalue weighted by atomic mass is 19.3. The Bertz CT molecular complexity index is 1610. The van der Waals surface area contributed by atoms with Crippen LogP contribution in [0.3, 0.4) is 0 Å². The average molecular weight is 602 g/mol. The first-order valence-corrected chi connectivity index (χ1v) is 14.7. The molecule has 1 fully saturated rings. The lowest BCUT2D eigenvalue weighted by Gasteiger charge is -2.28. The lowest BCUT2D eigenvalue weighted by atomic mass is 9.80. The number of benzene rings is 2. The summed E-state index contributed by atoms with van der Waals surface area (Å²) in [7, 11) is 0. The molecule has 9 heteroatoms. The molecule has 3 aromatic carbocycles. The number of hydrogen-bond acceptors (Lipinski definition) is 5. The van der Waals surface area contributed by atoms with Crippen molar-refractivity contribution in [3.05, 3.63) is 82.9 Å². The number of carbonyl (C=O) groups excluding carboxylic acids is 2. The van der Waals surface area contributed by atoms with Gasteiger partial charge in [0.25, 0.3) is 0 Å². The zero-order chi connectivity index (χ0) is 32.0. The number of nitrogens with one attached hydrogen (secondary N) is 1. The molecule has 0 aromatic heterocycles. The van der Waals surface area contributed by atoms with E-state index < -0.39 is 29.8 Å². The summed E-state index contributed by atoms with van der Waals surface area (Å²) in [6.45, 7) is 8.21. The van der Waals surface area contributed by atoms with Gasteiger partial charge >= 0.3 is 12.7 Å². The van der Waals surface area contributed by atoms with E-state index in [1.54, 1.807) is 6.07 Å². The maximum absolute atomic E-state index is 13.3. The molecule has 44 heavy (non-hydrogen) atoms. The molecule has 1 heterocycles. The van der Waals surface area contributed by atoms with E-state index in [-0.39, 0.29) is 29.1 Å².